The lowest BCUT2D eigenvalue weighted by atomic mass is 9.99. The topological polar surface area (TPSA) is 0 Å². The first-order chi connectivity index (χ1) is 5.35. The third-order valence-electron chi connectivity index (χ3n) is 1.77. The molecule has 0 aromatic heterocycles. The molecule has 11 heavy (non-hydrogen) atoms. The fraction of sp³-hybridized carbons (Fsp3) is 0.636. The summed E-state index contributed by atoms with van der Waals surface area (Å²) >= 11 is 0. The van der Waals surface area contributed by atoms with Crippen LogP contribution in [0.4, 0.5) is 0 Å². The average Bonchev–Trinajstić information content (AvgIpc) is 2.03. The Morgan fingerprint density at radius 2 is 2.09 bits per heavy atom. The molecule has 62 valence electrons. The molecule has 0 aliphatic carbocycles. The van der Waals surface area contributed by atoms with Crippen LogP contribution in [0.1, 0.15) is 39.5 Å². The Balaban J connectivity index is 3.59. The van der Waals surface area contributed by atoms with Crippen molar-refractivity contribution in [1.82, 2.24) is 0 Å². The summed E-state index contributed by atoms with van der Waals surface area (Å²) in [6.07, 6.45) is 6.32. The molecule has 1 atom stereocenters. The second-order valence-electron chi connectivity index (χ2n) is 2.71. The van der Waals surface area contributed by atoms with Crippen molar-refractivity contribution in [2.45, 2.75) is 39.5 Å². The molecule has 0 heterocycles. The second-order valence-corrected chi connectivity index (χ2v) is 2.71. The molecule has 0 rings (SSSR count). The zero-order chi connectivity index (χ0) is 8.53. The predicted octanol–water partition coefficient (Wildman–Crippen LogP) is 3.39. The smallest absolute Gasteiger partial charge is 0.0120 e. The number of rotatable bonds is 4. The van der Waals surface area contributed by atoms with Crippen LogP contribution in [-0.4, -0.2) is 0 Å². The molecule has 0 nitrogen and oxygen atoms in total. The van der Waals surface area contributed by atoms with Gasteiger partial charge in [-0.25, -0.2) is 0 Å². The molecule has 0 amide bonds. The van der Waals surface area contributed by atoms with Gasteiger partial charge >= 0.3 is 0 Å². The normalized spacial score (nSPS) is 11.5. The minimum atomic E-state index is 0.728. The van der Waals surface area contributed by atoms with E-state index in [2.05, 4.69) is 32.3 Å². The molecule has 0 N–H and O–H groups in total. The summed E-state index contributed by atoms with van der Waals surface area (Å²) in [5.74, 6) is 6.99. The highest BCUT2D eigenvalue weighted by atomic mass is 14.0. The lowest BCUT2D eigenvalue weighted by Crippen LogP contribution is -1.94. The van der Waals surface area contributed by atoms with Gasteiger partial charge in [0.1, 0.15) is 0 Å². The average molecular weight is 150 g/mol. The number of allylic oxidation sites excluding steroid dienone is 1. The lowest BCUT2D eigenvalue weighted by Gasteiger charge is -2.06. The van der Waals surface area contributed by atoms with E-state index in [1.807, 2.05) is 6.08 Å². The van der Waals surface area contributed by atoms with Gasteiger partial charge < -0.3 is 0 Å². The Morgan fingerprint density at radius 1 is 1.36 bits per heavy atom. The zero-order valence-corrected chi connectivity index (χ0v) is 7.69. The van der Waals surface area contributed by atoms with Crippen molar-refractivity contribution in [2.75, 3.05) is 0 Å². The fourth-order valence-electron chi connectivity index (χ4n) is 0.972. The SMILES string of the molecule is C=CCC(CC)CC#CCC. The van der Waals surface area contributed by atoms with Crippen LogP contribution in [0.2, 0.25) is 0 Å². The summed E-state index contributed by atoms with van der Waals surface area (Å²) in [7, 11) is 0. The van der Waals surface area contributed by atoms with Crippen molar-refractivity contribution < 1.29 is 0 Å². The van der Waals surface area contributed by atoms with Gasteiger partial charge in [-0.2, -0.15) is 0 Å². The molecule has 0 aromatic carbocycles. The van der Waals surface area contributed by atoms with Gasteiger partial charge in [0.2, 0.25) is 0 Å². The van der Waals surface area contributed by atoms with Crippen molar-refractivity contribution in [3.63, 3.8) is 0 Å². The maximum absolute atomic E-state index is 3.73. The monoisotopic (exact) mass is 150 g/mol. The van der Waals surface area contributed by atoms with Crippen LogP contribution >= 0.6 is 0 Å². The summed E-state index contributed by atoms with van der Waals surface area (Å²) in [6, 6.07) is 0. The maximum atomic E-state index is 3.73. The predicted molar refractivity (Wildman–Crippen MR) is 51.3 cm³/mol. The van der Waals surface area contributed by atoms with Gasteiger partial charge in [0.05, 0.1) is 0 Å². The molecule has 0 saturated heterocycles. The maximum Gasteiger partial charge on any atom is 0.0120 e. The molecule has 0 aromatic rings. The van der Waals surface area contributed by atoms with Gasteiger partial charge in [-0.05, 0) is 12.3 Å². The summed E-state index contributed by atoms with van der Waals surface area (Å²) in [4.78, 5) is 0. The largest absolute Gasteiger partial charge is 0.104 e. The highest BCUT2D eigenvalue weighted by Gasteiger charge is 1.99. The molecule has 0 saturated carbocycles. The minimum Gasteiger partial charge on any atom is -0.104 e. The van der Waals surface area contributed by atoms with E-state index in [-0.39, 0.29) is 0 Å². The van der Waals surface area contributed by atoms with Gasteiger partial charge in [-0.1, -0.05) is 26.3 Å². The molecule has 1 unspecified atom stereocenters. The summed E-state index contributed by atoms with van der Waals surface area (Å²) in [5.41, 5.74) is 0. The molecule has 0 spiro atoms. The van der Waals surface area contributed by atoms with E-state index in [1.165, 1.54) is 6.42 Å². The Hall–Kier alpha value is -0.700. The Kier molecular flexibility index (Phi) is 6.94. The molecule has 0 fully saturated rings. The quantitative estimate of drug-likeness (QED) is 0.425. The third kappa shape index (κ3) is 5.73. The summed E-state index contributed by atoms with van der Waals surface area (Å²) in [5, 5.41) is 0. The molecular formula is C11H18. The standard InChI is InChI=1S/C11H18/c1-4-7-8-10-11(6-3)9-5-2/h5,11H,2,4,6,9-10H2,1,3H3. The fourth-order valence-corrected chi connectivity index (χ4v) is 0.972. The van der Waals surface area contributed by atoms with Crippen LogP contribution in [0.3, 0.4) is 0 Å². The zero-order valence-electron chi connectivity index (χ0n) is 7.69. The van der Waals surface area contributed by atoms with Crippen LogP contribution in [0.15, 0.2) is 12.7 Å². The molecule has 0 aliphatic rings. The van der Waals surface area contributed by atoms with E-state index < -0.39 is 0 Å². The molecular weight excluding hydrogens is 132 g/mol. The van der Waals surface area contributed by atoms with Gasteiger partial charge in [-0.3, -0.25) is 0 Å². The van der Waals surface area contributed by atoms with E-state index >= 15 is 0 Å². The Morgan fingerprint density at radius 3 is 2.55 bits per heavy atom. The summed E-state index contributed by atoms with van der Waals surface area (Å²) in [6.45, 7) is 8.02. The van der Waals surface area contributed by atoms with E-state index in [9.17, 15) is 0 Å². The summed E-state index contributed by atoms with van der Waals surface area (Å²) < 4.78 is 0. The molecule has 0 bridgehead atoms. The molecule has 0 aliphatic heterocycles. The van der Waals surface area contributed by atoms with Gasteiger partial charge in [-0.15, -0.1) is 18.4 Å². The van der Waals surface area contributed by atoms with Gasteiger partial charge in [0.25, 0.3) is 0 Å². The third-order valence-corrected chi connectivity index (χ3v) is 1.77. The van der Waals surface area contributed by atoms with Crippen molar-refractivity contribution in [2.24, 2.45) is 5.92 Å². The van der Waals surface area contributed by atoms with Gasteiger partial charge in [0.15, 0.2) is 0 Å². The minimum absolute atomic E-state index is 0.728. The van der Waals surface area contributed by atoms with Crippen molar-refractivity contribution in [3.05, 3.63) is 12.7 Å². The molecule has 0 heteroatoms. The van der Waals surface area contributed by atoms with Crippen LogP contribution < -0.4 is 0 Å². The first kappa shape index (κ1) is 10.3. The van der Waals surface area contributed by atoms with Crippen molar-refractivity contribution >= 4 is 0 Å². The van der Waals surface area contributed by atoms with Crippen LogP contribution in [0, 0.1) is 17.8 Å². The Bertz CT molecular complexity index is 145. The van der Waals surface area contributed by atoms with Crippen LogP contribution in [0.5, 0.6) is 0 Å². The highest BCUT2D eigenvalue weighted by Crippen LogP contribution is 2.11. The number of hydrogen-bond acceptors (Lipinski definition) is 0. The van der Waals surface area contributed by atoms with E-state index in [0.717, 1.165) is 25.2 Å². The Labute approximate surface area is 70.7 Å². The molecule has 0 radical (unpaired) electrons. The highest BCUT2D eigenvalue weighted by molar-refractivity contribution is 4.99. The first-order valence-electron chi connectivity index (χ1n) is 4.41. The lowest BCUT2D eigenvalue weighted by molar-refractivity contribution is 0.532. The van der Waals surface area contributed by atoms with Gasteiger partial charge in [0, 0.05) is 12.8 Å². The van der Waals surface area contributed by atoms with E-state index in [0.29, 0.717) is 0 Å². The van der Waals surface area contributed by atoms with Crippen LogP contribution in [-0.2, 0) is 0 Å². The van der Waals surface area contributed by atoms with E-state index in [4.69, 9.17) is 0 Å². The van der Waals surface area contributed by atoms with Crippen molar-refractivity contribution in [1.29, 1.82) is 0 Å². The first-order valence-corrected chi connectivity index (χ1v) is 4.41. The van der Waals surface area contributed by atoms with E-state index in [1.54, 1.807) is 0 Å². The van der Waals surface area contributed by atoms with Crippen LogP contribution in [0.25, 0.3) is 0 Å². The second kappa shape index (κ2) is 7.41. The number of hydrogen-bond donors (Lipinski definition) is 0. The van der Waals surface area contributed by atoms with Crippen molar-refractivity contribution in [3.8, 4) is 11.8 Å².